The minimum absolute atomic E-state index is 0.0611. The van der Waals surface area contributed by atoms with E-state index in [-0.39, 0.29) is 37.4 Å². The molecule has 0 saturated carbocycles. The van der Waals surface area contributed by atoms with E-state index >= 15 is 0 Å². The summed E-state index contributed by atoms with van der Waals surface area (Å²) in [6.45, 7) is 0.0987. The molecule has 2 aliphatic rings. The number of amides is 1. The van der Waals surface area contributed by atoms with Crippen LogP contribution in [0.15, 0.2) is 35.3 Å². The van der Waals surface area contributed by atoms with Crippen LogP contribution in [0.25, 0.3) is 0 Å². The summed E-state index contributed by atoms with van der Waals surface area (Å²) in [6, 6.07) is 8.71. The number of benzene rings is 2. The lowest BCUT2D eigenvalue weighted by molar-refractivity contribution is -0.121. The largest absolute Gasteiger partial charge is 0.492 e. The van der Waals surface area contributed by atoms with E-state index < -0.39 is 21.8 Å². The van der Waals surface area contributed by atoms with E-state index in [1.165, 1.54) is 0 Å². The molecule has 2 heterocycles. The summed E-state index contributed by atoms with van der Waals surface area (Å²) in [5, 5.41) is 2.50. The second-order valence-electron chi connectivity index (χ2n) is 8.82. The number of guanidine groups is 1. The Balaban J connectivity index is 1.52. The third kappa shape index (κ3) is 6.32. The van der Waals surface area contributed by atoms with Crippen molar-refractivity contribution < 1.29 is 32.0 Å². The number of nitrogens with zero attached hydrogens (tertiary/aromatic N) is 1. The topological polar surface area (TPSA) is 183 Å². The molecule has 6 N–H and O–H groups in total. The Morgan fingerprint density at radius 3 is 2.58 bits per heavy atom. The zero-order valence-corrected chi connectivity index (χ0v) is 20.3. The predicted octanol–water partition coefficient (Wildman–Crippen LogP) is 1.56. The number of nitrogens with one attached hydrogen (secondary N) is 1. The number of aryl methyl sites for hydroxylation is 2. The lowest BCUT2D eigenvalue weighted by Gasteiger charge is -2.17. The van der Waals surface area contributed by atoms with E-state index in [2.05, 4.69) is 10.3 Å². The van der Waals surface area contributed by atoms with Gasteiger partial charge in [-0.3, -0.25) is 9.35 Å². The van der Waals surface area contributed by atoms with E-state index in [1.54, 1.807) is 24.3 Å². The average Bonchev–Trinajstić information content (AvgIpc) is 3.16. The number of nitrogens with two attached hydrogens (primary N) is 2. The lowest BCUT2D eigenvalue weighted by Crippen LogP contribution is -2.30. The lowest BCUT2D eigenvalue weighted by atomic mass is 9.93. The third-order valence-corrected chi connectivity index (χ3v) is 6.82. The second kappa shape index (κ2) is 10.5. The number of rotatable bonds is 6. The molecule has 192 valence electrons. The zero-order chi connectivity index (χ0) is 25.9. The quantitative estimate of drug-likeness (QED) is 0.145. The molecular weight excluding hydrogens is 488 g/mol. The van der Waals surface area contributed by atoms with E-state index in [9.17, 15) is 18.0 Å². The molecule has 0 bridgehead atoms. The maximum Gasteiger partial charge on any atom is 0.343 e. The van der Waals surface area contributed by atoms with Crippen molar-refractivity contribution in [2.45, 2.75) is 38.0 Å². The van der Waals surface area contributed by atoms with Gasteiger partial charge in [-0.05, 0) is 61.1 Å². The molecule has 0 aliphatic carbocycles. The molecule has 2 aromatic rings. The standard InChI is InChI=1S/C24H28N4O7S/c25-24(26)28-17-5-6-18-14(9-17)3-1-2-4-15-10-19-16(11-22(29)27-7-8-36(31,32)33)13-34-21(19)12-20(15)35-23(18)30/h5-6,9-10,12,16H,1-4,7-8,11,13H2,(H,27,29)(H4,25,26,28)(H,31,32,33)/t16-/m1/s1. The first kappa shape index (κ1) is 25.5. The Kier molecular flexibility index (Phi) is 7.45. The number of fused-ring (bicyclic) bond motifs is 3. The highest BCUT2D eigenvalue weighted by Gasteiger charge is 2.29. The Bertz CT molecular complexity index is 1320. The van der Waals surface area contributed by atoms with Crippen LogP contribution in [0.1, 0.15) is 52.2 Å². The highest BCUT2D eigenvalue weighted by Crippen LogP contribution is 2.41. The summed E-state index contributed by atoms with van der Waals surface area (Å²) in [7, 11) is -4.14. The number of aliphatic imine (C=N–C) groups is 1. The van der Waals surface area contributed by atoms with Gasteiger partial charge in [0, 0.05) is 30.5 Å². The van der Waals surface area contributed by atoms with Crippen LogP contribution in [0.4, 0.5) is 5.69 Å². The SMILES string of the molecule is NC(N)=Nc1ccc2c(c1)CCCCc1cc3c(cc1OC2=O)OC[C@H]3CC(=O)NCCS(=O)(=O)O. The number of hydrogen-bond acceptors (Lipinski definition) is 7. The van der Waals surface area contributed by atoms with Crippen LogP contribution in [0.5, 0.6) is 11.5 Å². The van der Waals surface area contributed by atoms with Crippen molar-refractivity contribution in [3.8, 4) is 11.5 Å². The van der Waals surface area contributed by atoms with E-state index in [1.807, 2.05) is 6.07 Å². The molecule has 12 heteroatoms. The van der Waals surface area contributed by atoms with Crippen LogP contribution in [0.2, 0.25) is 0 Å². The molecule has 0 unspecified atom stereocenters. The highest BCUT2D eigenvalue weighted by molar-refractivity contribution is 7.85. The summed E-state index contributed by atoms with van der Waals surface area (Å²) in [6.07, 6.45) is 3.11. The zero-order valence-electron chi connectivity index (χ0n) is 19.5. The number of esters is 1. The van der Waals surface area contributed by atoms with Crippen LogP contribution in [0.3, 0.4) is 0 Å². The van der Waals surface area contributed by atoms with Crippen molar-refractivity contribution >= 4 is 33.6 Å². The van der Waals surface area contributed by atoms with Crippen LogP contribution in [-0.2, 0) is 27.8 Å². The summed E-state index contributed by atoms with van der Waals surface area (Å²) < 4.78 is 42.0. The Morgan fingerprint density at radius 2 is 1.86 bits per heavy atom. The Morgan fingerprint density at radius 1 is 1.11 bits per heavy atom. The maximum absolute atomic E-state index is 13.0. The monoisotopic (exact) mass is 516 g/mol. The molecule has 4 rings (SSSR count). The molecule has 0 aromatic heterocycles. The molecule has 2 aliphatic heterocycles. The molecule has 11 nitrogen and oxygen atoms in total. The molecule has 0 fully saturated rings. The molecule has 0 radical (unpaired) electrons. The fourth-order valence-electron chi connectivity index (χ4n) is 4.41. The maximum atomic E-state index is 13.0. The molecule has 0 spiro atoms. The van der Waals surface area contributed by atoms with Crippen LogP contribution < -0.4 is 26.3 Å². The van der Waals surface area contributed by atoms with Gasteiger partial charge >= 0.3 is 5.97 Å². The molecule has 1 amide bonds. The number of hydrogen-bond donors (Lipinski definition) is 4. The minimum atomic E-state index is -4.14. The van der Waals surface area contributed by atoms with E-state index in [0.29, 0.717) is 35.6 Å². The summed E-state index contributed by atoms with van der Waals surface area (Å²) in [4.78, 5) is 29.4. The normalized spacial score (nSPS) is 17.0. The number of carbonyl (C=O) groups excluding carboxylic acids is 2. The van der Waals surface area contributed by atoms with Gasteiger partial charge in [0.2, 0.25) is 5.91 Å². The second-order valence-corrected chi connectivity index (χ2v) is 10.4. The first-order valence-corrected chi connectivity index (χ1v) is 13.2. The van der Waals surface area contributed by atoms with Gasteiger partial charge < -0.3 is 26.3 Å². The van der Waals surface area contributed by atoms with Crippen molar-refractivity contribution in [2.24, 2.45) is 16.5 Å². The van der Waals surface area contributed by atoms with Gasteiger partial charge in [0.25, 0.3) is 10.1 Å². The number of carbonyl (C=O) groups is 2. The molecule has 0 saturated heterocycles. The molecule has 2 aromatic carbocycles. The summed E-state index contributed by atoms with van der Waals surface area (Å²) in [5.74, 6) is -0.712. The van der Waals surface area contributed by atoms with Gasteiger partial charge in [0.15, 0.2) is 5.96 Å². The predicted molar refractivity (Wildman–Crippen MR) is 132 cm³/mol. The smallest absolute Gasteiger partial charge is 0.343 e. The molecule has 1 atom stereocenters. The van der Waals surface area contributed by atoms with Gasteiger partial charge in [0.05, 0.1) is 23.6 Å². The van der Waals surface area contributed by atoms with Crippen molar-refractivity contribution in [2.75, 3.05) is 18.9 Å². The Labute approximate surface area is 208 Å². The van der Waals surface area contributed by atoms with Gasteiger partial charge in [-0.25, -0.2) is 9.79 Å². The fourth-order valence-corrected chi connectivity index (χ4v) is 4.77. The van der Waals surface area contributed by atoms with Gasteiger partial charge in [-0.1, -0.05) is 0 Å². The average molecular weight is 517 g/mol. The summed E-state index contributed by atoms with van der Waals surface area (Å²) in [5.41, 5.74) is 14.5. The molecular formula is C24H28N4O7S. The first-order chi connectivity index (χ1) is 17.1. The van der Waals surface area contributed by atoms with Gasteiger partial charge in [-0.2, -0.15) is 8.42 Å². The molecule has 36 heavy (non-hydrogen) atoms. The fraction of sp³-hybridized carbons (Fsp3) is 0.375. The highest BCUT2D eigenvalue weighted by atomic mass is 32.2. The first-order valence-electron chi connectivity index (χ1n) is 11.6. The van der Waals surface area contributed by atoms with Crippen molar-refractivity contribution in [1.29, 1.82) is 0 Å². The minimum Gasteiger partial charge on any atom is -0.492 e. The van der Waals surface area contributed by atoms with Gasteiger partial charge in [-0.15, -0.1) is 0 Å². The Hall–Kier alpha value is -3.64. The van der Waals surface area contributed by atoms with Crippen LogP contribution in [-0.4, -0.2) is 49.7 Å². The summed E-state index contributed by atoms with van der Waals surface area (Å²) >= 11 is 0. The number of ether oxygens (including phenoxy) is 2. The third-order valence-electron chi connectivity index (χ3n) is 6.10. The van der Waals surface area contributed by atoms with Crippen molar-refractivity contribution in [3.63, 3.8) is 0 Å². The van der Waals surface area contributed by atoms with Crippen LogP contribution >= 0.6 is 0 Å². The van der Waals surface area contributed by atoms with Crippen molar-refractivity contribution in [3.05, 3.63) is 52.6 Å². The van der Waals surface area contributed by atoms with Gasteiger partial charge in [0.1, 0.15) is 11.5 Å². The van der Waals surface area contributed by atoms with Crippen LogP contribution in [0, 0.1) is 0 Å². The van der Waals surface area contributed by atoms with Crippen molar-refractivity contribution in [1.82, 2.24) is 5.32 Å². The van der Waals surface area contributed by atoms with E-state index in [0.717, 1.165) is 29.5 Å². The van der Waals surface area contributed by atoms with E-state index in [4.69, 9.17) is 25.5 Å².